The first-order chi connectivity index (χ1) is 16.7. The van der Waals surface area contributed by atoms with Crippen LogP contribution in [-0.2, 0) is 16.0 Å². The van der Waals surface area contributed by atoms with Gasteiger partial charge in [0.25, 0.3) is 0 Å². The standard InChI is InChI=1S/C26H38ClN3O5/c1-16(2)11-23(25(33)29-21(15-31)14-19-9-10-28-24(19)32)30(26(34)35)22-8-4-6-18(22)12-17-5-3-7-20(27)13-17/h3,5,7,13,16,18-19,21-23,31H,4,6,8-12,14-15H2,1-2H3,(H,28,32)(H,29,33)(H,34,35)/t18?,19-,21-,22?,23-/m0/s1. The number of halogens is 1. The van der Waals surface area contributed by atoms with Crippen LogP contribution in [-0.4, -0.2) is 64.3 Å². The van der Waals surface area contributed by atoms with E-state index in [0.717, 1.165) is 18.4 Å². The number of hydrogen-bond acceptors (Lipinski definition) is 4. The smallest absolute Gasteiger partial charge is 0.408 e. The van der Waals surface area contributed by atoms with Crippen molar-refractivity contribution in [2.24, 2.45) is 17.8 Å². The Morgan fingerprint density at radius 3 is 2.63 bits per heavy atom. The first-order valence-electron chi connectivity index (χ1n) is 12.6. The number of nitrogens with zero attached hydrogens (tertiary/aromatic N) is 1. The van der Waals surface area contributed by atoms with Gasteiger partial charge in [0, 0.05) is 23.5 Å². The highest BCUT2D eigenvalue weighted by atomic mass is 35.5. The van der Waals surface area contributed by atoms with Crippen molar-refractivity contribution in [2.45, 2.75) is 76.9 Å². The first-order valence-corrected chi connectivity index (χ1v) is 13.0. The maximum Gasteiger partial charge on any atom is 0.408 e. The molecule has 1 aliphatic heterocycles. The molecule has 3 rings (SSSR count). The number of carbonyl (C=O) groups is 3. The Hall–Kier alpha value is -2.32. The molecule has 8 nitrogen and oxygen atoms in total. The molecule has 4 N–H and O–H groups in total. The fourth-order valence-corrected chi connectivity index (χ4v) is 5.79. The summed E-state index contributed by atoms with van der Waals surface area (Å²) < 4.78 is 0. The number of carboxylic acid groups (broad SMARTS) is 1. The molecule has 3 amide bonds. The van der Waals surface area contributed by atoms with Crippen LogP contribution in [0.25, 0.3) is 0 Å². The van der Waals surface area contributed by atoms with Gasteiger partial charge in [0.15, 0.2) is 0 Å². The van der Waals surface area contributed by atoms with E-state index in [-0.39, 0.29) is 36.3 Å². The second-order valence-electron chi connectivity index (χ2n) is 10.3. The summed E-state index contributed by atoms with van der Waals surface area (Å²) in [6.07, 6.45) is 3.43. The van der Waals surface area contributed by atoms with E-state index < -0.39 is 24.1 Å². The monoisotopic (exact) mass is 507 g/mol. The van der Waals surface area contributed by atoms with Gasteiger partial charge in [0.2, 0.25) is 11.8 Å². The van der Waals surface area contributed by atoms with Crippen LogP contribution in [0.1, 0.15) is 57.9 Å². The Balaban J connectivity index is 1.78. The van der Waals surface area contributed by atoms with Crippen LogP contribution < -0.4 is 10.6 Å². The topological polar surface area (TPSA) is 119 Å². The van der Waals surface area contributed by atoms with E-state index in [4.69, 9.17) is 11.6 Å². The zero-order chi connectivity index (χ0) is 25.5. The molecule has 2 unspecified atom stereocenters. The lowest BCUT2D eigenvalue weighted by atomic mass is 9.91. The van der Waals surface area contributed by atoms with Gasteiger partial charge in [-0.1, -0.05) is 44.0 Å². The largest absolute Gasteiger partial charge is 0.465 e. The molecule has 0 aromatic heterocycles. The maximum atomic E-state index is 13.5. The number of hydrogen-bond donors (Lipinski definition) is 4. The summed E-state index contributed by atoms with van der Waals surface area (Å²) in [6, 6.07) is 5.86. The summed E-state index contributed by atoms with van der Waals surface area (Å²) >= 11 is 6.16. The quantitative estimate of drug-likeness (QED) is 0.366. The van der Waals surface area contributed by atoms with Gasteiger partial charge in [-0.2, -0.15) is 0 Å². The summed E-state index contributed by atoms with van der Waals surface area (Å²) in [5.74, 6) is -0.565. The third-order valence-corrected chi connectivity index (χ3v) is 7.45. The van der Waals surface area contributed by atoms with Crippen LogP contribution >= 0.6 is 11.6 Å². The van der Waals surface area contributed by atoms with Gasteiger partial charge in [-0.3, -0.25) is 14.5 Å². The molecule has 1 saturated heterocycles. The van der Waals surface area contributed by atoms with Gasteiger partial charge in [0.05, 0.1) is 12.6 Å². The van der Waals surface area contributed by atoms with Gasteiger partial charge in [-0.15, -0.1) is 0 Å². The number of aliphatic hydroxyl groups is 1. The lowest BCUT2D eigenvalue weighted by Crippen LogP contribution is -2.57. The third-order valence-electron chi connectivity index (χ3n) is 7.22. The van der Waals surface area contributed by atoms with Crippen molar-refractivity contribution in [3.8, 4) is 0 Å². The number of aliphatic hydroxyl groups excluding tert-OH is 1. The number of nitrogens with one attached hydrogen (secondary N) is 2. The Bertz CT molecular complexity index is 895. The van der Waals surface area contributed by atoms with E-state index >= 15 is 0 Å². The molecule has 194 valence electrons. The van der Waals surface area contributed by atoms with Crippen molar-refractivity contribution in [2.75, 3.05) is 13.2 Å². The molecule has 1 heterocycles. The van der Waals surface area contributed by atoms with Crippen molar-refractivity contribution < 1.29 is 24.6 Å². The number of rotatable bonds is 11. The summed E-state index contributed by atoms with van der Waals surface area (Å²) in [5, 5.41) is 26.4. The predicted octanol–water partition coefficient (Wildman–Crippen LogP) is 3.45. The maximum absolute atomic E-state index is 13.5. The first kappa shape index (κ1) is 27.3. The van der Waals surface area contributed by atoms with Crippen LogP contribution in [0.5, 0.6) is 0 Å². The highest BCUT2D eigenvalue weighted by molar-refractivity contribution is 6.30. The van der Waals surface area contributed by atoms with Crippen molar-refractivity contribution in [1.29, 1.82) is 0 Å². The molecular weight excluding hydrogens is 470 g/mol. The van der Waals surface area contributed by atoms with Crippen molar-refractivity contribution in [1.82, 2.24) is 15.5 Å². The third kappa shape index (κ3) is 7.34. The van der Waals surface area contributed by atoms with Gasteiger partial charge < -0.3 is 20.8 Å². The van der Waals surface area contributed by atoms with Gasteiger partial charge in [-0.25, -0.2) is 4.79 Å². The lowest BCUT2D eigenvalue weighted by molar-refractivity contribution is -0.129. The lowest BCUT2D eigenvalue weighted by Gasteiger charge is -2.38. The Kier molecular flexibility index (Phi) is 9.80. The molecule has 1 saturated carbocycles. The minimum Gasteiger partial charge on any atom is -0.465 e. The number of benzene rings is 1. The molecule has 9 heteroatoms. The highest BCUT2D eigenvalue weighted by Gasteiger charge is 2.42. The second kappa shape index (κ2) is 12.6. The van der Waals surface area contributed by atoms with E-state index in [2.05, 4.69) is 10.6 Å². The normalized spacial score (nSPS) is 23.7. The molecule has 1 aromatic rings. The minimum atomic E-state index is -1.11. The van der Waals surface area contributed by atoms with Crippen LogP contribution in [0.3, 0.4) is 0 Å². The SMILES string of the molecule is CC(C)C[C@@H](C(=O)N[C@H](CO)C[C@@H]1CCNC1=O)N(C(=O)O)C1CCCC1Cc1cccc(Cl)c1. The van der Waals surface area contributed by atoms with Gasteiger partial charge in [-0.05, 0) is 68.1 Å². The molecule has 0 bridgehead atoms. The molecule has 2 aliphatic rings. The van der Waals surface area contributed by atoms with E-state index in [1.807, 2.05) is 38.1 Å². The molecular formula is C26H38ClN3O5. The summed E-state index contributed by atoms with van der Waals surface area (Å²) in [4.78, 5) is 39.4. The van der Waals surface area contributed by atoms with Crippen molar-refractivity contribution >= 4 is 29.5 Å². The summed E-state index contributed by atoms with van der Waals surface area (Å²) in [7, 11) is 0. The Morgan fingerprint density at radius 1 is 1.26 bits per heavy atom. The molecule has 1 aliphatic carbocycles. The summed E-state index contributed by atoms with van der Waals surface area (Å²) in [6.45, 7) is 4.21. The van der Waals surface area contributed by atoms with Crippen molar-refractivity contribution in [3.63, 3.8) is 0 Å². The second-order valence-corrected chi connectivity index (χ2v) is 10.8. The molecule has 35 heavy (non-hydrogen) atoms. The van der Waals surface area contributed by atoms with E-state index in [1.165, 1.54) is 4.90 Å². The van der Waals surface area contributed by atoms with E-state index in [0.29, 0.717) is 43.7 Å². The molecule has 2 fully saturated rings. The van der Waals surface area contributed by atoms with Crippen LogP contribution in [0.4, 0.5) is 4.79 Å². The zero-order valence-electron chi connectivity index (χ0n) is 20.6. The average Bonchev–Trinajstić information content (AvgIpc) is 3.41. The molecule has 5 atom stereocenters. The molecule has 1 aromatic carbocycles. The zero-order valence-corrected chi connectivity index (χ0v) is 21.3. The van der Waals surface area contributed by atoms with Crippen LogP contribution in [0, 0.1) is 17.8 Å². The summed E-state index contributed by atoms with van der Waals surface area (Å²) in [5.41, 5.74) is 1.06. The molecule has 0 radical (unpaired) electrons. The Morgan fingerprint density at radius 2 is 2.03 bits per heavy atom. The van der Waals surface area contributed by atoms with Crippen LogP contribution in [0.2, 0.25) is 5.02 Å². The fourth-order valence-electron chi connectivity index (χ4n) is 5.58. The minimum absolute atomic E-state index is 0.0709. The Labute approximate surface area is 212 Å². The average molecular weight is 508 g/mol. The number of carbonyl (C=O) groups excluding carboxylic acids is 2. The fraction of sp³-hybridized carbons (Fsp3) is 0.654. The van der Waals surface area contributed by atoms with Gasteiger partial charge >= 0.3 is 6.09 Å². The van der Waals surface area contributed by atoms with E-state index in [9.17, 15) is 24.6 Å². The molecule has 0 spiro atoms. The highest BCUT2D eigenvalue weighted by Crippen LogP contribution is 2.35. The van der Waals surface area contributed by atoms with Crippen LogP contribution in [0.15, 0.2) is 24.3 Å². The predicted molar refractivity (Wildman–Crippen MR) is 134 cm³/mol. The van der Waals surface area contributed by atoms with Crippen molar-refractivity contribution in [3.05, 3.63) is 34.9 Å². The number of amides is 3. The van der Waals surface area contributed by atoms with E-state index in [1.54, 1.807) is 0 Å². The van der Waals surface area contributed by atoms with Gasteiger partial charge in [0.1, 0.15) is 6.04 Å².